The molecule has 0 aromatic carbocycles. The monoisotopic (exact) mass is 351 g/mol. The first-order valence-electron chi connectivity index (χ1n) is 9.08. The number of ether oxygens (including phenoxy) is 2. The molecule has 7 nitrogen and oxygen atoms in total. The van der Waals surface area contributed by atoms with Crippen molar-refractivity contribution in [3.63, 3.8) is 0 Å². The summed E-state index contributed by atoms with van der Waals surface area (Å²) in [5.74, 6) is 0.910. The van der Waals surface area contributed by atoms with E-state index in [4.69, 9.17) is 13.9 Å². The van der Waals surface area contributed by atoms with Gasteiger partial charge < -0.3 is 24.1 Å². The Bertz CT molecular complexity index is 518. The molecular weight excluding hydrogens is 322 g/mol. The van der Waals surface area contributed by atoms with E-state index in [-0.39, 0.29) is 24.3 Å². The van der Waals surface area contributed by atoms with Crippen LogP contribution in [0, 0.1) is 0 Å². The summed E-state index contributed by atoms with van der Waals surface area (Å²) in [6, 6.07) is 3.90. The molecule has 2 amide bonds. The van der Waals surface area contributed by atoms with Gasteiger partial charge in [-0.25, -0.2) is 4.79 Å². The standard InChI is InChI=1S/C18H29N3O4/c1-23-16-12-21(13-17(16)24-2)18(22)19-11-14(15-7-6-10-25-15)20-8-4-3-5-9-20/h6-7,10,14,16-17H,3-5,8-9,11-13H2,1-2H3,(H,19,22)/t14?,16-,17+. The minimum atomic E-state index is -0.0739. The van der Waals surface area contributed by atoms with Crippen LogP contribution < -0.4 is 5.32 Å². The van der Waals surface area contributed by atoms with Crippen LogP contribution in [0.15, 0.2) is 22.8 Å². The van der Waals surface area contributed by atoms with Gasteiger partial charge in [-0.3, -0.25) is 4.90 Å². The number of rotatable bonds is 6. The maximum atomic E-state index is 12.6. The molecule has 7 heteroatoms. The average Bonchev–Trinajstić information content (AvgIpc) is 3.32. The van der Waals surface area contributed by atoms with Crippen molar-refractivity contribution in [1.29, 1.82) is 0 Å². The molecule has 1 aromatic heterocycles. The fraction of sp³-hybridized carbons (Fsp3) is 0.722. The van der Waals surface area contributed by atoms with Crippen molar-refractivity contribution >= 4 is 6.03 Å². The Labute approximate surface area is 149 Å². The maximum absolute atomic E-state index is 12.6. The largest absolute Gasteiger partial charge is 0.468 e. The first-order chi connectivity index (χ1) is 12.2. The second-order valence-corrected chi connectivity index (χ2v) is 6.77. The lowest BCUT2D eigenvalue weighted by Crippen LogP contribution is -2.45. The van der Waals surface area contributed by atoms with E-state index in [0.29, 0.717) is 19.6 Å². The molecule has 1 N–H and O–H groups in total. The van der Waals surface area contributed by atoms with Gasteiger partial charge in [0.25, 0.3) is 0 Å². The van der Waals surface area contributed by atoms with E-state index in [1.807, 2.05) is 12.1 Å². The van der Waals surface area contributed by atoms with Crippen molar-refractivity contribution in [2.24, 2.45) is 0 Å². The van der Waals surface area contributed by atoms with Gasteiger partial charge in [-0.1, -0.05) is 6.42 Å². The number of hydrogen-bond donors (Lipinski definition) is 1. The van der Waals surface area contributed by atoms with Crippen molar-refractivity contribution in [3.8, 4) is 0 Å². The van der Waals surface area contributed by atoms with Crippen LogP contribution in [0.25, 0.3) is 0 Å². The average molecular weight is 351 g/mol. The SMILES string of the molecule is CO[C@H]1CN(C(=O)NCC(c2ccco2)N2CCCCC2)C[C@H]1OC. The van der Waals surface area contributed by atoms with Crippen molar-refractivity contribution in [1.82, 2.24) is 15.1 Å². The van der Waals surface area contributed by atoms with E-state index in [2.05, 4.69) is 10.2 Å². The molecule has 0 aliphatic carbocycles. The van der Waals surface area contributed by atoms with Crippen LogP contribution in [0.4, 0.5) is 4.79 Å². The zero-order valence-electron chi connectivity index (χ0n) is 15.1. The molecule has 0 spiro atoms. The molecule has 3 atom stereocenters. The minimum absolute atomic E-state index is 0.0706. The number of carbonyl (C=O) groups is 1. The van der Waals surface area contributed by atoms with Crippen LogP contribution in [0.5, 0.6) is 0 Å². The van der Waals surface area contributed by atoms with Gasteiger partial charge in [-0.05, 0) is 38.1 Å². The summed E-state index contributed by atoms with van der Waals surface area (Å²) in [7, 11) is 3.31. The lowest BCUT2D eigenvalue weighted by Gasteiger charge is -2.33. The van der Waals surface area contributed by atoms with Crippen molar-refractivity contribution in [2.75, 3.05) is 46.9 Å². The van der Waals surface area contributed by atoms with Gasteiger partial charge in [0, 0.05) is 20.8 Å². The smallest absolute Gasteiger partial charge is 0.317 e. The molecule has 3 rings (SSSR count). The fourth-order valence-electron chi connectivity index (χ4n) is 3.78. The van der Waals surface area contributed by atoms with Gasteiger partial charge >= 0.3 is 6.03 Å². The van der Waals surface area contributed by atoms with Gasteiger partial charge in [-0.2, -0.15) is 0 Å². The second-order valence-electron chi connectivity index (χ2n) is 6.77. The topological polar surface area (TPSA) is 67.2 Å². The second kappa shape index (κ2) is 8.69. The molecule has 2 aliphatic rings. The molecule has 0 radical (unpaired) electrons. The zero-order valence-corrected chi connectivity index (χ0v) is 15.1. The van der Waals surface area contributed by atoms with E-state index in [0.717, 1.165) is 18.8 Å². The summed E-state index contributed by atoms with van der Waals surface area (Å²) < 4.78 is 16.4. The molecule has 0 bridgehead atoms. The maximum Gasteiger partial charge on any atom is 0.317 e. The third kappa shape index (κ3) is 4.34. The molecule has 2 aliphatic heterocycles. The minimum Gasteiger partial charge on any atom is -0.468 e. The number of urea groups is 1. The number of carbonyl (C=O) groups excluding carboxylic acids is 1. The lowest BCUT2D eigenvalue weighted by atomic mass is 10.1. The first-order valence-corrected chi connectivity index (χ1v) is 9.08. The molecule has 140 valence electrons. The molecule has 25 heavy (non-hydrogen) atoms. The van der Waals surface area contributed by atoms with E-state index in [1.165, 1.54) is 19.3 Å². The van der Waals surface area contributed by atoms with Crippen LogP contribution in [0.2, 0.25) is 0 Å². The Hall–Kier alpha value is -1.57. The summed E-state index contributed by atoms with van der Waals surface area (Å²) >= 11 is 0. The Balaban J connectivity index is 1.58. The number of piperidine rings is 1. The number of amides is 2. The Morgan fingerprint density at radius 2 is 1.92 bits per heavy atom. The van der Waals surface area contributed by atoms with Crippen LogP contribution in [0.1, 0.15) is 31.1 Å². The van der Waals surface area contributed by atoms with Gasteiger partial charge in [0.05, 0.1) is 25.4 Å². The highest BCUT2D eigenvalue weighted by molar-refractivity contribution is 5.74. The van der Waals surface area contributed by atoms with E-state index >= 15 is 0 Å². The third-order valence-corrected chi connectivity index (χ3v) is 5.26. The molecule has 2 saturated heterocycles. The van der Waals surface area contributed by atoms with Gasteiger partial charge in [-0.15, -0.1) is 0 Å². The van der Waals surface area contributed by atoms with Crippen molar-refractivity contribution < 1.29 is 18.7 Å². The predicted molar refractivity (Wildman–Crippen MR) is 93.4 cm³/mol. The van der Waals surface area contributed by atoms with Crippen molar-refractivity contribution in [2.45, 2.75) is 37.5 Å². The van der Waals surface area contributed by atoms with E-state index in [1.54, 1.807) is 25.4 Å². The zero-order chi connectivity index (χ0) is 17.6. The molecule has 1 unspecified atom stereocenters. The van der Waals surface area contributed by atoms with Gasteiger partial charge in [0.2, 0.25) is 0 Å². The lowest BCUT2D eigenvalue weighted by molar-refractivity contribution is -0.00461. The Kier molecular flexibility index (Phi) is 6.34. The Morgan fingerprint density at radius 3 is 2.48 bits per heavy atom. The highest BCUT2D eigenvalue weighted by Gasteiger charge is 2.36. The summed E-state index contributed by atoms with van der Waals surface area (Å²) in [6.45, 7) is 3.73. The van der Waals surface area contributed by atoms with E-state index in [9.17, 15) is 4.79 Å². The number of hydrogen-bond acceptors (Lipinski definition) is 5. The summed E-state index contributed by atoms with van der Waals surface area (Å²) in [4.78, 5) is 16.7. The summed E-state index contributed by atoms with van der Waals surface area (Å²) in [6.07, 6.45) is 5.22. The highest BCUT2D eigenvalue weighted by Crippen LogP contribution is 2.24. The summed E-state index contributed by atoms with van der Waals surface area (Å²) in [5, 5.41) is 3.07. The normalized spacial score (nSPS) is 25.9. The van der Waals surface area contributed by atoms with E-state index < -0.39 is 0 Å². The number of likely N-dealkylation sites (tertiary alicyclic amines) is 2. The summed E-state index contributed by atoms with van der Waals surface area (Å²) in [5.41, 5.74) is 0. The highest BCUT2D eigenvalue weighted by atomic mass is 16.5. The van der Waals surface area contributed by atoms with Gasteiger partial charge in [0.15, 0.2) is 0 Å². The van der Waals surface area contributed by atoms with Crippen LogP contribution >= 0.6 is 0 Å². The number of nitrogens with zero attached hydrogens (tertiary/aromatic N) is 2. The third-order valence-electron chi connectivity index (χ3n) is 5.26. The Morgan fingerprint density at radius 1 is 1.24 bits per heavy atom. The predicted octanol–water partition coefficient (Wildman–Crippen LogP) is 1.86. The number of furan rings is 1. The first kappa shape index (κ1) is 18.2. The molecule has 3 heterocycles. The number of methoxy groups -OCH3 is 2. The molecule has 2 fully saturated rings. The van der Waals surface area contributed by atoms with Crippen LogP contribution in [-0.2, 0) is 9.47 Å². The molecule has 1 aromatic rings. The van der Waals surface area contributed by atoms with Crippen LogP contribution in [-0.4, -0.2) is 75.0 Å². The van der Waals surface area contributed by atoms with Crippen molar-refractivity contribution in [3.05, 3.63) is 24.2 Å². The van der Waals surface area contributed by atoms with Crippen LogP contribution in [0.3, 0.4) is 0 Å². The fourth-order valence-corrected chi connectivity index (χ4v) is 3.78. The molecular formula is C18H29N3O4. The quantitative estimate of drug-likeness (QED) is 0.847. The number of nitrogens with one attached hydrogen (secondary N) is 1. The molecule has 0 saturated carbocycles. The van der Waals surface area contributed by atoms with Gasteiger partial charge in [0.1, 0.15) is 18.0 Å².